The first-order valence-electron chi connectivity index (χ1n) is 17.5. The van der Waals surface area contributed by atoms with Gasteiger partial charge in [-0.15, -0.1) is 0 Å². The first-order valence-corrected chi connectivity index (χ1v) is 19.0. The van der Waals surface area contributed by atoms with Gasteiger partial charge in [0.05, 0.1) is 26.4 Å². The molecular weight excluding hydrogens is 935 g/mol. The Kier molecular flexibility index (Phi) is 42.2. The van der Waals surface area contributed by atoms with Gasteiger partial charge in [-0.05, 0) is 0 Å². The Balaban J connectivity index is -0.000000233. The van der Waals surface area contributed by atoms with E-state index in [2.05, 4.69) is 4.52 Å². The Hall–Kier alpha value is -2.54. The highest BCUT2D eigenvalue weighted by Gasteiger charge is 2.38. The van der Waals surface area contributed by atoms with E-state index in [9.17, 15) is 28.5 Å². The zero-order valence-electron chi connectivity index (χ0n) is 33.2. The molecule has 0 amide bonds. The van der Waals surface area contributed by atoms with Crippen LogP contribution in [0.15, 0.2) is 0 Å². The van der Waals surface area contributed by atoms with E-state index in [4.69, 9.17) is 137 Å². The third-order valence-electron chi connectivity index (χ3n) is 7.41. The van der Waals surface area contributed by atoms with Gasteiger partial charge in [0.2, 0.25) is 0 Å². The van der Waals surface area contributed by atoms with Crippen molar-refractivity contribution in [2.75, 3.05) is 26.4 Å². The summed E-state index contributed by atoms with van der Waals surface area (Å²) in [4.78, 5) is 66.2. The van der Waals surface area contributed by atoms with Crippen LogP contribution in [0.1, 0.15) is 0 Å². The number of carbonyl (C=O) groups excluding carboxylic acids is 5. The molecule has 0 aromatic rings. The summed E-state index contributed by atoms with van der Waals surface area (Å²) in [5.74, 6) is 0. The average molecular weight is 997 g/mol. The number of phosphoric ester groups is 1. The Morgan fingerprint density at radius 1 is 0.308 bits per heavy atom. The zero-order chi connectivity index (χ0) is 52.7. The summed E-state index contributed by atoms with van der Waals surface area (Å²) >= 11 is 0. The number of hydrogen-bond donors (Lipinski definition) is 27. The van der Waals surface area contributed by atoms with Crippen molar-refractivity contribution in [3.05, 3.63) is 0 Å². The van der Waals surface area contributed by atoms with Crippen molar-refractivity contribution < 1.29 is 171 Å². The third kappa shape index (κ3) is 30.5. The number of rotatable bonds is 27. The summed E-state index contributed by atoms with van der Waals surface area (Å²) < 4.78 is 13.9. The van der Waals surface area contributed by atoms with E-state index in [-0.39, 0.29) is 31.4 Å². The first kappa shape index (κ1) is 71.5. The number of aliphatic hydroxyl groups excluding tert-OH is 25. The maximum Gasteiger partial charge on any atom is 0.472 e. The monoisotopic (exact) mass is 996 g/mol. The summed E-state index contributed by atoms with van der Waals surface area (Å²) in [6, 6.07) is 0. The fraction of sp³-hybridized carbons (Fsp3) is 0.833. The summed E-state index contributed by atoms with van der Waals surface area (Å²) in [7, 11) is -5.11. The van der Waals surface area contributed by atoms with E-state index in [0.717, 1.165) is 0 Å². The molecule has 0 bridgehead atoms. The van der Waals surface area contributed by atoms with Crippen molar-refractivity contribution in [2.24, 2.45) is 0 Å². The molecule has 0 aliphatic carbocycles. The van der Waals surface area contributed by atoms with Crippen LogP contribution in [-0.4, -0.2) is 324 Å². The molecule has 0 aromatic carbocycles. The van der Waals surface area contributed by atoms with E-state index in [1.807, 2.05) is 0 Å². The van der Waals surface area contributed by atoms with Crippen LogP contribution < -0.4 is 0 Å². The molecule has 0 saturated heterocycles. The van der Waals surface area contributed by atoms with Crippen LogP contribution in [0.3, 0.4) is 0 Å². The Morgan fingerprint density at radius 2 is 0.477 bits per heavy atom. The van der Waals surface area contributed by atoms with Crippen LogP contribution in [0, 0.1) is 0 Å². The van der Waals surface area contributed by atoms with Gasteiger partial charge in [0.15, 0.2) is 37.7 Å². The molecule has 27 N–H and O–H groups in total. The fourth-order valence-corrected chi connectivity index (χ4v) is 3.73. The largest absolute Gasteiger partial charge is 0.472 e. The lowest BCUT2D eigenvalue weighted by Crippen LogP contribution is -2.49. The van der Waals surface area contributed by atoms with Gasteiger partial charge >= 0.3 is 7.82 Å². The second-order valence-corrected chi connectivity index (χ2v) is 13.7. The van der Waals surface area contributed by atoms with E-state index < -0.39 is 163 Å². The van der Waals surface area contributed by atoms with Crippen molar-refractivity contribution in [3.63, 3.8) is 0 Å². The molecule has 0 fully saturated rings. The van der Waals surface area contributed by atoms with Crippen LogP contribution in [-0.2, 0) is 33.1 Å². The highest BCUT2D eigenvalue weighted by Crippen LogP contribution is 2.38. The number of hydrogen-bond acceptors (Lipinski definition) is 32. The normalized spacial score (nSPS) is 21.2. The van der Waals surface area contributed by atoms with E-state index >= 15 is 0 Å². The predicted molar refractivity (Wildman–Crippen MR) is 198 cm³/mol. The second kappa shape index (κ2) is 38.4. The molecule has 0 saturated carbocycles. The van der Waals surface area contributed by atoms with E-state index in [1.165, 1.54) is 0 Å². The number of carbonyl (C=O) groups is 5. The average Bonchev–Trinajstić information content (AvgIpc) is 3.31. The number of phosphoric acid groups is 1. The SMILES string of the molecule is O=C[C@@H](O)[C@@H](O)[C@H](O)[C@H](O)C(O)OP(=O)(O)O.O=C[C@@H](O)[C@@H](O)[C@H](O)[C@H](O)CO.O=C[C@@H](O)[C@@H](O)[C@H](O)[C@H](O)CO.O=C[C@@H](O)[C@@H](O)[C@H](O)[C@H](O)CO.O=C[C@@H](O)[C@@H](O)[C@H](O)[C@H](O)CO. The molecular formula is C30H61O34P. The number of aliphatic hydroxyl groups is 25. The minimum absolute atomic E-state index is 0.0258. The molecule has 65 heavy (non-hydrogen) atoms. The third-order valence-corrected chi connectivity index (χ3v) is 7.90. The predicted octanol–water partition coefficient (Wildman–Crippen LogP) is -17.5. The van der Waals surface area contributed by atoms with Crippen LogP contribution in [0.5, 0.6) is 0 Å². The van der Waals surface area contributed by atoms with Crippen LogP contribution in [0.4, 0.5) is 0 Å². The quantitative estimate of drug-likeness (QED) is 0.0206. The lowest BCUT2D eigenvalue weighted by atomic mass is 10.0. The molecule has 0 rings (SSSR count). The molecule has 0 aliphatic heterocycles. The lowest BCUT2D eigenvalue weighted by molar-refractivity contribution is -0.182. The van der Waals surface area contributed by atoms with Crippen molar-refractivity contribution >= 4 is 39.3 Å². The van der Waals surface area contributed by atoms with Crippen molar-refractivity contribution in [2.45, 2.75) is 128 Å². The molecule has 1 unspecified atom stereocenters. The van der Waals surface area contributed by atoms with Gasteiger partial charge in [-0.2, -0.15) is 0 Å². The molecule has 390 valence electrons. The fourth-order valence-electron chi connectivity index (χ4n) is 3.33. The topological polar surface area (TPSA) is 658 Å². The molecule has 21 atom stereocenters. The van der Waals surface area contributed by atoms with Gasteiger partial charge in [0.1, 0.15) is 122 Å². The Labute approximate surface area is 364 Å². The summed E-state index contributed by atoms with van der Waals surface area (Å²) in [5, 5.41) is 219. The highest BCUT2D eigenvalue weighted by molar-refractivity contribution is 7.46. The Bertz CT molecular complexity index is 1140. The maximum absolute atomic E-state index is 10.3. The zero-order valence-corrected chi connectivity index (χ0v) is 34.1. The molecule has 0 heterocycles. The minimum Gasteiger partial charge on any atom is -0.394 e. The van der Waals surface area contributed by atoms with Gasteiger partial charge in [-0.3, -0.25) is 4.52 Å². The Morgan fingerprint density at radius 3 is 0.615 bits per heavy atom. The number of aldehydes is 5. The molecule has 0 aromatic heterocycles. The molecule has 0 radical (unpaired) electrons. The maximum atomic E-state index is 10.3. The van der Waals surface area contributed by atoms with Crippen LogP contribution in [0.25, 0.3) is 0 Å². The standard InChI is InChI=1S/C6H13O10P.4C6H12O6/c7-1-2(8)3(9)4(10)5(11)6(12)16-17(13,14)15;4*7-1-3(9)5(11)6(12)4(10)2-8/h1-6,8-12H,(H2,13,14,15);4*1,3-6,8-12H,2H2/t2-,3-,4+,5+,6?;4*3-,4-,5-,6-/m11111/s1. The van der Waals surface area contributed by atoms with E-state index in [1.54, 1.807) is 0 Å². The summed E-state index contributed by atoms with van der Waals surface area (Å²) in [5.41, 5.74) is 0. The molecule has 0 spiro atoms. The lowest BCUT2D eigenvalue weighted by Gasteiger charge is -2.27. The van der Waals surface area contributed by atoms with Crippen LogP contribution in [0.2, 0.25) is 0 Å². The molecule has 34 nitrogen and oxygen atoms in total. The van der Waals surface area contributed by atoms with Gasteiger partial charge in [0.25, 0.3) is 0 Å². The molecule has 35 heteroatoms. The molecule has 0 aliphatic rings. The van der Waals surface area contributed by atoms with Crippen molar-refractivity contribution in [1.82, 2.24) is 0 Å². The summed E-state index contributed by atoms with van der Waals surface area (Å²) in [6.45, 7) is -3.04. The van der Waals surface area contributed by atoms with Gasteiger partial charge in [0, 0.05) is 0 Å². The smallest absolute Gasteiger partial charge is 0.394 e. The highest BCUT2D eigenvalue weighted by atomic mass is 31.2. The van der Waals surface area contributed by atoms with E-state index in [0.29, 0.717) is 0 Å². The minimum atomic E-state index is -5.11. The van der Waals surface area contributed by atoms with Crippen LogP contribution >= 0.6 is 7.82 Å². The summed E-state index contributed by atoms with van der Waals surface area (Å²) in [6.07, 6.45) is -38.8. The van der Waals surface area contributed by atoms with Gasteiger partial charge in [-0.25, -0.2) is 4.57 Å². The first-order chi connectivity index (χ1) is 29.8. The van der Waals surface area contributed by atoms with Gasteiger partial charge < -0.3 is 161 Å². The van der Waals surface area contributed by atoms with Crippen molar-refractivity contribution in [3.8, 4) is 0 Å². The van der Waals surface area contributed by atoms with Crippen molar-refractivity contribution in [1.29, 1.82) is 0 Å². The second-order valence-electron chi connectivity index (χ2n) is 12.5. The van der Waals surface area contributed by atoms with Gasteiger partial charge in [-0.1, -0.05) is 0 Å².